The van der Waals surface area contributed by atoms with Gasteiger partial charge in [0.2, 0.25) is 11.8 Å². The number of urea groups is 1. The molecule has 5 amide bonds. The Kier molecular flexibility index (Phi) is 6.76. The number of imide groups is 1. The standard InChI is InChI=1S/C24H27N5O5/c1-25-23(32)27-17-7-9-18-15(12-17)6-8-19(18)22(31)29(24(33)34)14-21(30)28-11-3-5-20(28)16-4-2-10-26-13-16/h2,4,7,9-10,12-13,19-20H,3,5-6,8,11,14H2,1H3,(H,33,34)(H2,25,27,32)/t19-,20?/m0/s1. The fraction of sp³-hybridized carbons (Fsp3) is 0.375. The van der Waals surface area contributed by atoms with E-state index >= 15 is 0 Å². The van der Waals surface area contributed by atoms with Gasteiger partial charge in [-0.2, -0.15) is 0 Å². The Bertz CT molecular complexity index is 1110. The fourth-order valence-electron chi connectivity index (χ4n) is 4.78. The van der Waals surface area contributed by atoms with Crippen molar-refractivity contribution in [2.75, 3.05) is 25.5 Å². The van der Waals surface area contributed by atoms with E-state index in [1.807, 2.05) is 6.07 Å². The third-order valence-corrected chi connectivity index (χ3v) is 6.44. The van der Waals surface area contributed by atoms with Crippen LogP contribution in [0.4, 0.5) is 15.3 Å². The molecule has 3 N–H and O–H groups in total. The number of carbonyl (C=O) groups is 4. The molecular weight excluding hydrogens is 438 g/mol. The van der Waals surface area contributed by atoms with Gasteiger partial charge in [0, 0.05) is 31.7 Å². The summed E-state index contributed by atoms with van der Waals surface area (Å²) < 4.78 is 0. The first kappa shape index (κ1) is 23.2. The van der Waals surface area contributed by atoms with Crippen molar-refractivity contribution in [2.45, 2.75) is 37.6 Å². The number of hydrogen-bond acceptors (Lipinski definition) is 5. The zero-order valence-electron chi connectivity index (χ0n) is 18.9. The predicted molar refractivity (Wildman–Crippen MR) is 123 cm³/mol. The highest BCUT2D eigenvalue weighted by Crippen LogP contribution is 2.36. The smallest absolute Gasteiger partial charge is 0.414 e. The van der Waals surface area contributed by atoms with Crippen LogP contribution in [0.15, 0.2) is 42.7 Å². The summed E-state index contributed by atoms with van der Waals surface area (Å²) in [5.74, 6) is -1.66. The van der Waals surface area contributed by atoms with Gasteiger partial charge in [0.15, 0.2) is 0 Å². The Morgan fingerprint density at radius 1 is 1.21 bits per heavy atom. The monoisotopic (exact) mass is 465 g/mol. The van der Waals surface area contributed by atoms with Crippen molar-refractivity contribution >= 4 is 29.6 Å². The van der Waals surface area contributed by atoms with Crippen molar-refractivity contribution in [1.29, 1.82) is 0 Å². The maximum Gasteiger partial charge on any atom is 0.414 e. The number of likely N-dealkylation sites (tertiary alicyclic amines) is 1. The molecule has 1 fully saturated rings. The van der Waals surface area contributed by atoms with Crippen molar-refractivity contribution in [3.05, 3.63) is 59.4 Å². The van der Waals surface area contributed by atoms with E-state index in [0.29, 0.717) is 30.0 Å². The lowest BCUT2D eigenvalue weighted by atomic mass is 9.99. The number of pyridine rings is 1. The third-order valence-electron chi connectivity index (χ3n) is 6.44. The number of rotatable bonds is 5. The van der Waals surface area contributed by atoms with E-state index < -0.39 is 30.4 Å². The van der Waals surface area contributed by atoms with Crippen LogP contribution in [0.2, 0.25) is 0 Å². The first-order valence-electron chi connectivity index (χ1n) is 11.2. The molecule has 2 heterocycles. The van der Waals surface area contributed by atoms with Crippen LogP contribution in [-0.4, -0.2) is 64.0 Å². The minimum atomic E-state index is -1.44. The van der Waals surface area contributed by atoms with Gasteiger partial charge in [-0.25, -0.2) is 14.5 Å². The number of carbonyl (C=O) groups excluding carboxylic acids is 3. The molecule has 34 heavy (non-hydrogen) atoms. The van der Waals surface area contributed by atoms with E-state index in [1.54, 1.807) is 41.6 Å². The number of aromatic nitrogens is 1. The molecule has 2 aromatic rings. The highest BCUT2D eigenvalue weighted by atomic mass is 16.4. The maximum atomic E-state index is 13.2. The topological polar surface area (TPSA) is 132 Å². The molecule has 178 valence electrons. The van der Waals surface area contributed by atoms with E-state index in [0.717, 1.165) is 29.5 Å². The average molecular weight is 466 g/mol. The van der Waals surface area contributed by atoms with Gasteiger partial charge in [-0.3, -0.25) is 14.6 Å². The lowest BCUT2D eigenvalue weighted by molar-refractivity contribution is -0.140. The summed E-state index contributed by atoms with van der Waals surface area (Å²) in [4.78, 5) is 56.3. The quantitative estimate of drug-likeness (QED) is 0.622. The fourth-order valence-corrected chi connectivity index (χ4v) is 4.78. The number of hydrogen-bond donors (Lipinski definition) is 3. The molecule has 0 radical (unpaired) electrons. The van der Waals surface area contributed by atoms with E-state index in [9.17, 15) is 24.3 Å². The largest absolute Gasteiger partial charge is 0.465 e. The predicted octanol–water partition coefficient (Wildman–Crippen LogP) is 2.73. The van der Waals surface area contributed by atoms with Gasteiger partial charge in [-0.05, 0) is 60.6 Å². The summed E-state index contributed by atoms with van der Waals surface area (Å²) in [7, 11) is 1.51. The lowest BCUT2D eigenvalue weighted by Gasteiger charge is -2.28. The van der Waals surface area contributed by atoms with Crippen molar-refractivity contribution in [1.82, 2.24) is 20.1 Å². The van der Waals surface area contributed by atoms with Gasteiger partial charge in [0.1, 0.15) is 6.54 Å². The molecule has 2 atom stereocenters. The summed E-state index contributed by atoms with van der Waals surface area (Å²) in [5.41, 5.74) is 3.08. The Balaban J connectivity index is 1.48. The Hall–Kier alpha value is -3.95. The minimum absolute atomic E-state index is 0.176. The molecule has 4 rings (SSSR count). The first-order chi connectivity index (χ1) is 16.4. The van der Waals surface area contributed by atoms with Gasteiger partial charge in [0.25, 0.3) is 0 Å². The second kappa shape index (κ2) is 9.90. The molecule has 1 saturated heterocycles. The number of anilines is 1. The van der Waals surface area contributed by atoms with Gasteiger partial charge in [0.05, 0.1) is 12.0 Å². The van der Waals surface area contributed by atoms with Gasteiger partial charge in [-0.1, -0.05) is 12.1 Å². The molecule has 10 heteroatoms. The van der Waals surface area contributed by atoms with Crippen molar-refractivity contribution in [2.24, 2.45) is 0 Å². The van der Waals surface area contributed by atoms with Gasteiger partial charge < -0.3 is 20.6 Å². The SMILES string of the molecule is CNC(=O)Nc1ccc2c(c1)CC[C@@H]2C(=O)N(CC(=O)N1CCCC1c1cccnc1)C(=O)O. The molecule has 0 bridgehead atoms. The van der Waals surface area contributed by atoms with E-state index in [-0.39, 0.29) is 12.1 Å². The average Bonchev–Trinajstić information content (AvgIpc) is 3.49. The van der Waals surface area contributed by atoms with E-state index in [1.165, 1.54) is 7.05 Å². The number of nitrogens with one attached hydrogen (secondary N) is 2. The third kappa shape index (κ3) is 4.70. The van der Waals surface area contributed by atoms with Crippen LogP contribution in [0, 0.1) is 0 Å². The number of aryl methyl sites for hydroxylation is 1. The molecule has 1 aliphatic heterocycles. The molecule has 0 spiro atoms. The van der Waals surface area contributed by atoms with Crippen LogP contribution in [0.25, 0.3) is 0 Å². The molecule has 2 aliphatic rings. The number of amides is 5. The lowest BCUT2D eigenvalue weighted by Crippen LogP contribution is -2.46. The summed E-state index contributed by atoms with van der Waals surface area (Å²) >= 11 is 0. The van der Waals surface area contributed by atoms with Crippen molar-refractivity contribution < 1.29 is 24.3 Å². The Morgan fingerprint density at radius 2 is 2.03 bits per heavy atom. The number of benzene rings is 1. The van der Waals surface area contributed by atoms with E-state index in [2.05, 4.69) is 15.6 Å². The van der Waals surface area contributed by atoms with E-state index in [4.69, 9.17) is 0 Å². The summed E-state index contributed by atoms with van der Waals surface area (Å²) in [5, 5.41) is 14.9. The number of fused-ring (bicyclic) bond motifs is 1. The number of nitrogens with zero attached hydrogens (tertiary/aromatic N) is 3. The molecule has 1 aliphatic carbocycles. The Morgan fingerprint density at radius 3 is 2.74 bits per heavy atom. The van der Waals surface area contributed by atoms with Crippen molar-refractivity contribution in [3.8, 4) is 0 Å². The van der Waals surface area contributed by atoms with Crippen LogP contribution in [-0.2, 0) is 16.0 Å². The van der Waals surface area contributed by atoms with Crippen LogP contribution >= 0.6 is 0 Å². The van der Waals surface area contributed by atoms with Crippen LogP contribution in [0.1, 0.15) is 47.9 Å². The second-order valence-electron chi connectivity index (χ2n) is 8.45. The highest BCUT2D eigenvalue weighted by Gasteiger charge is 2.38. The first-order valence-corrected chi connectivity index (χ1v) is 11.2. The minimum Gasteiger partial charge on any atom is -0.465 e. The summed E-state index contributed by atoms with van der Waals surface area (Å²) in [6.07, 6.45) is 4.51. The molecule has 10 nitrogen and oxygen atoms in total. The molecular formula is C24H27N5O5. The zero-order chi connectivity index (χ0) is 24.2. The van der Waals surface area contributed by atoms with Gasteiger partial charge >= 0.3 is 12.1 Å². The Labute approximate surface area is 197 Å². The normalized spacial score (nSPS) is 18.8. The summed E-state index contributed by atoms with van der Waals surface area (Å²) in [6, 6.07) is 8.37. The molecule has 1 unspecified atom stereocenters. The van der Waals surface area contributed by atoms with Crippen LogP contribution < -0.4 is 10.6 Å². The van der Waals surface area contributed by atoms with Crippen molar-refractivity contribution in [3.63, 3.8) is 0 Å². The summed E-state index contributed by atoms with van der Waals surface area (Å²) in [6.45, 7) is -0.0134. The molecule has 1 aromatic carbocycles. The van der Waals surface area contributed by atoms with Crippen LogP contribution in [0.5, 0.6) is 0 Å². The highest BCUT2D eigenvalue weighted by molar-refractivity contribution is 5.99. The molecule has 1 aromatic heterocycles. The molecule has 0 saturated carbocycles. The zero-order valence-corrected chi connectivity index (χ0v) is 18.9. The van der Waals surface area contributed by atoms with Crippen LogP contribution in [0.3, 0.4) is 0 Å². The number of carboxylic acid groups (broad SMARTS) is 1. The maximum absolute atomic E-state index is 13.2. The van der Waals surface area contributed by atoms with Gasteiger partial charge in [-0.15, -0.1) is 0 Å². The second-order valence-corrected chi connectivity index (χ2v) is 8.45.